The van der Waals surface area contributed by atoms with E-state index in [9.17, 15) is 131 Å². The minimum absolute atomic E-state index is 0.00179. The van der Waals surface area contributed by atoms with E-state index in [1.165, 1.54) is 21.6 Å². The molecule has 4 fully saturated rings. The minimum Gasteiger partial charge on any atom is -0.481 e. The number of carboxylic acids is 2. The fraction of sp³-hybridized carbons (Fsp3) is 0.591. The number of aliphatic hydroxyl groups excluding tert-OH is 3. The van der Waals surface area contributed by atoms with Crippen LogP contribution in [0.25, 0.3) is 10.9 Å². The first-order valence-electron chi connectivity index (χ1n) is 45.4. The van der Waals surface area contributed by atoms with Gasteiger partial charge in [-0.2, -0.15) is 0 Å². The molecule has 49 nitrogen and oxygen atoms in total. The number of carbonyl (C=O) groups is 22. The lowest BCUT2D eigenvalue weighted by Crippen LogP contribution is -2.61. The maximum Gasteiger partial charge on any atom is 0.305 e. The van der Waals surface area contributed by atoms with Gasteiger partial charge in [0.2, 0.25) is 118 Å². The van der Waals surface area contributed by atoms with Crippen LogP contribution in [0.3, 0.4) is 0 Å². The summed E-state index contributed by atoms with van der Waals surface area (Å²) in [4.78, 5) is 306. The number of nitrogens with one attached hydrogen (secondary N) is 15. The van der Waals surface area contributed by atoms with Gasteiger partial charge in [0.05, 0.1) is 58.3 Å². The third kappa shape index (κ3) is 32.7. The number of hydrogen-bond donors (Lipinski definition) is 23. The molecule has 0 spiro atoms. The van der Waals surface area contributed by atoms with E-state index >= 15 is 0 Å². The first kappa shape index (κ1) is 110. The summed E-state index contributed by atoms with van der Waals surface area (Å²) in [6.45, 7) is 6.08. The number of benzene rings is 2. The molecule has 5 heterocycles. The Labute approximate surface area is 788 Å². The number of aromatic amines is 1. The molecule has 49 heteroatoms. The molecule has 7 rings (SSSR count). The van der Waals surface area contributed by atoms with Crippen molar-refractivity contribution in [2.75, 3.05) is 65.6 Å². The molecule has 3 aromatic rings. The molecule has 4 aliphatic rings. The Morgan fingerprint density at radius 3 is 1.39 bits per heavy atom. The number of H-pyrrole nitrogens is 1. The summed E-state index contributed by atoms with van der Waals surface area (Å²) in [5.41, 5.74) is 18.3. The number of aliphatic carboxylic acids is 2. The summed E-state index contributed by atoms with van der Waals surface area (Å²) in [5, 5.41) is 83.6. The van der Waals surface area contributed by atoms with E-state index < -0.39 is 304 Å². The van der Waals surface area contributed by atoms with Crippen LogP contribution in [0.1, 0.15) is 149 Å². The lowest BCUT2D eigenvalue weighted by atomic mass is 9.98. The first-order chi connectivity index (χ1) is 64.8. The van der Waals surface area contributed by atoms with Crippen LogP contribution < -0.4 is 91.6 Å². The van der Waals surface area contributed by atoms with Crippen LogP contribution >= 0.6 is 0 Å². The normalized spacial score (nSPS) is 18.4. The average molecular weight is 1930 g/mol. The van der Waals surface area contributed by atoms with Crippen LogP contribution in [0, 0.1) is 17.8 Å². The highest BCUT2D eigenvalue weighted by Crippen LogP contribution is 2.30. The molecule has 0 unspecified atom stereocenters. The van der Waals surface area contributed by atoms with E-state index in [1.54, 1.807) is 102 Å². The minimum atomic E-state index is -1.93. The number of para-hydroxylation sites is 1. The van der Waals surface area contributed by atoms with Gasteiger partial charge >= 0.3 is 11.9 Å². The fourth-order valence-corrected chi connectivity index (χ4v) is 16.4. The van der Waals surface area contributed by atoms with E-state index in [0.717, 1.165) is 4.90 Å². The van der Waals surface area contributed by atoms with Crippen molar-refractivity contribution < 1.29 is 131 Å². The molecule has 752 valence electrons. The van der Waals surface area contributed by atoms with Crippen molar-refractivity contribution in [2.24, 2.45) is 35.0 Å². The highest BCUT2D eigenvalue weighted by Gasteiger charge is 2.48. The molecule has 1 aromatic heterocycles. The highest BCUT2D eigenvalue weighted by molar-refractivity contribution is 6.03. The second kappa shape index (κ2) is 52.9. The van der Waals surface area contributed by atoms with Gasteiger partial charge in [-0.25, -0.2) is 0 Å². The van der Waals surface area contributed by atoms with Gasteiger partial charge in [0.1, 0.15) is 90.6 Å². The Morgan fingerprint density at radius 2 is 0.847 bits per heavy atom. The van der Waals surface area contributed by atoms with Crippen LogP contribution in [0.4, 0.5) is 0 Å². The van der Waals surface area contributed by atoms with Crippen molar-refractivity contribution in [2.45, 2.75) is 248 Å². The summed E-state index contributed by atoms with van der Waals surface area (Å²) in [6, 6.07) is -8.07. The third-order valence-corrected chi connectivity index (χ3v) is 23.5. The summed E-state index contributed by atoms with van der Waals surface area (Å²) in [5.74, 6) is -23.2. The van der Waals surface area contributed by atoms with Gasteiger partial charge in [-0.1, -0.05) is 90.1 Å². The van der Waals surface area contributed by atoms with Crippen molar-refractivity contribution in [1.29, 1.82) is 0 Å². The number of nitrogens with two attached hydrogens (primary N) is 3. The highest BCUT2D eigenvalue weighted by atomic mass is 16.4. The predicted octanol–water partition coefficient (Wildman–Crippen LogP) is -8.63. The number of fused-ring (bicyclic) bond motifs is 1. The number of carbonyl (C=O) groups excluding carboxylic acids is 20. The number of carboxylic acid groups (broad SMARTS) is 2. The average Bonchev–Trinajstić information content (AvgIpc) is 1.64. The van der Waals surface area contributed by atoms with Gasteiger partial charge < -0.3 is 142 Å². The number of rotatable bonds is 52. The number of aromatic nitrogens is 1. The standard InChI is InChI=1S/C88H128N22O27/c1-44(2)31-54(100-80(129)57(34-49-37-92-52-20-12-11-19-50(49)52)101-77(126)53(25-26-66(90)114)97-85(134)72(46(5)6)106-81(130)56(33-48-17-9-8-10-18-48)98-74(123)51(89)35-70(118)119)78(127)99-55(32-45(3)4)79(128)102-58(36-71(120)121)75(124)94-38-67(115)93-40-69(117)107-27-13-21-62(107)83(132)105-61(43-113)82(131)104-60(42-112)76(125)95-39-68(116)96-47(7)86(135)109-29-15-23-64(109)88(137)110-30-16-24-65(110)87(136)108-28-14-22-63(108)84(133)103-59(41-111)73(91)122/h8-12,17-20,37,44-47,51,53-65,72,92,111-113H,13-16,21-36,38-43,89H2,1-7H3,(H2,90,114)(H2,91,122)(H,93,115)(H,94,124)(H,95,125)(H,96,116)(H,97,134)(H,98,123)(H,99,127)(H,100,129)(H,101,126)(H,102,128)(H,103,133)(H,104,131)(H,105,132)(H,106,130)(H,118,119)(H,120,121)/t47-,51-,53-,54-,55-,56-,57-,58-,59-,60-,61-,62-,63-,64-,65-,72-/m0/s1. The molecule has 4 saturated heterocycles. The third-order valence-electron chi connectivity index (χ3n) is 23.5. The van der Waals surface area contributed by atoms with Gasteiger partial charge in [-0.05, 0) is 112 Å². The number of nitrogens with zero attached hydrogens (tertiary/aromatic N) is 4. The van der Waals surface area contributed by atoms with Crippen molar-refractivity contribution in [3.05, 3.63) is 71.9 Å². The fourth-order valence-electron chi connectivity index (χ4n) is 16.4. The molecule has 4 aliphatic heterocycles. The van der Waals surface area contributed by atoms with Crippen molar-refractivity contribution in [1.82, 2.24) is 99.0 Å². The van der Waals surface area contributed by atoms with E-state index in [0.29, 0.717) is 41.3 Å². The molecular weight excluding hydrogens is 1800 g/mol. The summed E-state index contributed by atoms with van der Waals surface area (Å²) < 4.78 is 0. The van der Waals surface area contributed by atoms with Crippen molar-refractivity contribution >= 4 is 141 Å². The predicted molar refractivity (Wildman–Crippen MR) is 482 cm³/mol. The smallest absolute Gasteiger partial charge is 0.305 e. The van der Waals surface area contributed by atoms with E-state index in [-0.39, 0.29) is 89.9 Å². The molecule has 0 bridgehead atoms. The van der Waals surface area contributed by atoms with Crippen LogP contribution in [0.2, 0.25) is 0 Å². The molecule has 137 heavy (non-hydrogen) atoms. The number of hydrogen-bond acceptors (Lipinski definition) is 26. The zero-order chi connectivity index (χ0) is 101. The van der Waals surface area contributed by atoms with Crippen LogP contribution in [-0.4, -0.2) is 343 Å². The molecule has 16 atom stereocenters. The monoisotopic (exact) mass is 1920 g/mol. The first-order valence-corrected chi connectivity index (χ1v) is 45.4. The second-order valence-corrected chi connectivity index (χ2v) is 35.4. The van der Waals surface area contributed by atoms with Crippen molar-refractivity contribution in [3.8, 4) is 0 Å². The number of primary amides is 2. The topological polar surface area (TPSA) is 752 Å². The van der Waals surface area contributed by atoms with Gasteiger partial charge in [-0.15, -0.1) is 0 Å². The van der Waals surface area contributed by atoms with Crippen LogP contribution in [-0.2, 0) is 118 Å². The maximum absolute atomic E-state index is 15.0. The molecule has 0 aliphatic carbocycles. The SMILES string of the molecule is CC(C)C[C@H](NC(=O)[C@H](CC(C)C)NC(=O)[C@H](Cc1c[nH]c2ccccc12)NC(=O)[C@H](CCC(N)=O)NC(=O)[C@@H](NC(=O)[C@H](Cc1ccccc1)NC(=O)[C@@H](N)CC(=O)O)C(C)C)C(=O)N[C@@H](CC(=O)O)C(=O)NCC(=O)NCC(=O)N1CCC[C@H]1C(=O)N[C@@H](CO)C(=O)N[C@@H](CO)C(=O)NCC(=O)N[C@@H](C)C(=O)N1CCC[C@H]1C(=O)N1CCC[C@H]1C(=O)N1CCC[C@H]1C(=O)N[C@@H](CO)C(N)=O. The molecule has 20 amide bonds. The van der Waals surface area contributed by atoms with E-state index in [1.807, 2.05) is 0 Å². The zero-order valence-electron chi connectivity index (χ0n) is 77.4. The maximum atomic E-state index is 15.0. The van der Waals surface area contributed by atoms with Crippen LogP contribution in [0.15, 0.2) is 60.8 Å². The Morgan fingerprint density at radius 1 is 0.416 bits per heavy atom. The van der Waals surface area contributed by atoms with E-state index in [4.69, 9.17) is 17.2 Å². The van der Waals surface area contributed by atoms with Crippen LogP contribution in [0.5, 0.6) is 0 Å². The van der Waals surface area contributed by atoms with Gasteiger partial charge in [-0.3, -0.25) is 105 Å². The Hall–Kier alpha value is -13.8. The Balaban J connectivity index is 0.914. The molecule has 0 radical (unpaired) electrons. The largest absolute Gasteiger partial charge is 0.481 e. The van der Waals surface area contributed by atoms with E-state index in [2.05, 4.69) is 79.4 Å². The van der Waals surface area contributed by atoms with Gasteiger partial charge in [0, 0.05) is 62.5 Å². The van der Waals surface area contributed by atoms with Crippen molar-refractivity contribution in [3.63, 3.8) is 0 Å². The molecule has 0 saturated carbocycles. The lowest BCUT2D eigenvalue weighted by molar-refractivity contribution is -0.151. The lowest BCUT2D eigenvalue weighted by Gasteiger charge is -2.34. The summed E-state index contributed by atoms with van der Waals surface area (Å²) in [7, 11) is 0. The van der Waals surface area contributed by atoms with Gasteiger partial charge in [0.15, 0.2) is 0 Å². The second-order valence-electron chi connectivity index (χ2n) is 35.4. The summed E-state index contributed by atoms with van der Waals surface area (Å²) in [6.07, 6.45) is 0.228. The molecule has 2 aromatic carbocycles. The quantitative estimate of drug-likeness (QED) is 0.0250. The summed E-state index contributed by atoms with van der Waals surface area (Å²) >= 11 is 0. The zero-order valence-corrected chi connectivity index (χ0v) is 77.4. The molecule has 26 N–H and O–H groups in total. The molecular formula is C88H128N22O27. The number of aliphatic hydroxyl groups is 3. The number of likely N-dealkylation sites (tertiary alicyclic amines) is 4. The van der Waals surface area contributed by atoms with Gasteiger partial charge in [0.25, 0.3) is 0 Å². The Bertz CT molecular complexity index is 4880. The Kier molecular flexibility index (Phi) is 42.5. The number of amides is 20.